The summed E-state index contributed by atoms with van der Waals surface area (Å²) in [5, 5.41) is 5.99. The molecule has 1 aromatic rings. The first-order valence-corrected chi connectivity index (χ1v) is 10.1. The van der Waals surface area contributed by atoms with E-state index in [1.165, 1.54) is 32.1 Å². The molecule has 0 aliphatic heterocycles. The van der Waals surface area contributed by atoms with E-state index < -0.39 is 0 Å². The highest BCUT2D eigenvalue weighted by atomic mass is 16.5. The number of likely N-dealkylation sites (N-methyl/N-ethyl adjacent to an activating group) is 1. The predicted molar refractivity (Wildman–Crippen MR) is 107 cm³/mol. The van der Waals surface area contributed by atoms with E-state index in [0.717, 1.165) is 22.9 Å². The summed E-state index contributed by atoms with van der Waals surface area (Å²) in [5.41, 5.74) is 0.727. The summed E-state index contributed by atoms with van der Waals surface area (Å²) in [5.74, 6) is 1.30. The minimum Gasteiger partial charge on any atom is -0.497 e. The third-order valence-corrected chi connectivity index (χ3v) is 5.51. The number of hydrogen-bond acceptors (Lipinski definition) is 3. The highest BCUT2D eigenvalue weighted by Crippen LogP contribution is 2.22. The van der Waals surface area contributed by atoms with Crippen molar-refractivity contribution < 1.29 is 19.2 Å². The van der Waals surface area contributed by atoms with Crippen LogP contribution in [0, 0.1) is 5.92 Å². The van der Waals surface area contributed by atoms with Crippen LogP contribution in [0.1, 0.15) is 46.0 Å². The number of benzene rings is 1. The van der Waals surface area contributed by atoms with Crippen LogP contribution in [0.25, 0.3) is 0 Å². The molecule has 0 spiro atoms. The number of hydrogen-bond donors (Lipinski definition) is 3. The van der Waals surface area contributed by atoms with Crippen molar-refractivity contribution in [1.29, 1.82) is 0 Å². The van der Waals surface area contributed by atoms with E-state index in [2.05, 4.69) is 10.6 Å². The second-order valence-electron chi connectivity index (χ2n) is 7.44. The van der Waals surface area contributed by atoms with Gasteiger partial charge in [-0.25, -0.2) is 0 Å². The van der Waals surface area contributed by atoms with E-state index in [-0.39, 0.29) is 24.4 Å². The average molecular weight is 377 g/mol. The van der Waals surface area contributed by atoms with Gasteiger partial charge in [-0.05, 0) is 56.9 Å². The molecule has 0 heterocycles. The van der Waals surface area contributed by atoms with Crippen molar-refractivity contribution in [2.24, 2.45) is 5.92 Å². The highest BCUT2D eigenvalue weighted by molar-refractivity contribution is 5.91. The van der Waals surface area contributed by atoms with Crippen LogP contribution in [-0.2, 0) is 9.59 Å². The SMILES string of the molecule is CC[NH+](CC(=O)Nc1ccc(OC)cc1)[C@@H](C)C(=O)NCC1CCCCC1. The number of ether oxygens (including phenoxy) is 1. The molecule has 1 aliphatic carbocycles. The predicted octanol–water partition coefficient (Wildman–Crippen LogP) is 1.62. The Bertz CT molecular complexity index is 597. The summed E-state index contributed by atoms with van der Waals surface area (Å²) in [6.45, 7) is 5.64. The monoisotopic (exact) mass is 376 g/mol. The molecule has 6 heteroatoms. The Morgan fingerprint density at radius 2 is 1.85 bits per heavy atom. The van der Waals surface area contributed by atoms with Crippen molar-refractivity contribution >= 4 is 17.5 Å². The van der Waals surface area contributed by atoms with E-state index >= 15 is 0 Å². The molecule has 3 N–H and O–H groups in total. The van der Waals surface area contributed by atoms with Crippen LogP contribution in [0.4, 0.5) is 5.69 Å². The number of rotatable bonds is 9. The van der Waals surface area contributed by atoms with Gasteiger partial charge in [0.25, 0.3) is 11.8 Å². The third-order valence-electron chi connectivity index (χ3n) is 5.51. The lowest BCUT2D eigenvalue weighted by Gasteiger charge is -2.26. The standard InChI is InChI=1S/C21H33N3O3/c1-4-24(15-20(25)23-18-10-12-19(27-3)13-11-18)16(2)21(26)22-14-17-8-6-5-7-9-17/h10-13,16-17H,4-9,14-15H2,1-3H3,(H,22,26)(H,23,25)/p+1/t16-/m0/s1. The van der Waals surface area contributed by atoms with Crippen LogP contribution in [0.5, 0.6) is 5.75 Å². The molecule has 0 saturated heterocycles. The molecule has 2 atom stereocenters. The lowest BCUT2D eigenvalue weighted by atomic mass is 9.89. The molecule has 0 aromatic heterocycles. The number of quaternary nitrogens is 1. The van der Waals surface area contributed by atoms with Crippen molar-refractivity contribution in [2.75, 3.05) is 32.1 Å². The van der Waals surface area contributed by atoms with E-state index in [0.29, 0.717) is 12.5 Å². The summed E-state index contributed by atoms with van der Waals surface area (Å²) < 4.78 is 5.12. The lowest BCUT2D eigenvalue weighted by Crippen LogP contribution is -3.17. The maximum Gasteiger partial charge on any atom is 0.279 e. The smallest absolute Gasteiger partial charge is 0.279 e. The summed E-state index contributed by atoms with van der Waals surface area (Å²) in [6, 6.07) is 6.98. The van der Waals surface area contributed by atoms with Crippen LogP contribution >= 0.6 is 0 Å². The fourth-order valence-electron chi connectivity index (χ4n) is 3.64. The van der Waals surface area contributed by atoms with Crippen LogP contribution < -0.4 is 20.3 Å². The van der Waals surface area contributed by atoms with Gasteiger partial charge in [-0.1, -0.05) is 19.3 Å². The summed E-state index contributed by atoms with van der Waals surface area (Å²) in [6.07, 6.45) is 6.28. The Kier molecular flexibility index (Phi) is 8.58. The van der Waals surface area contributed by atoms with Gasteiger partial charge in [0.15, 0.2) is 12.6 Å². The minimum atomic E-state index is -0.250. The van der Waals surface area contributed by atoms with Gasteiger partial charge >= 0.3 is 0 Å². The molecule has 1 saturated carbocycles. The molecular weight excluding hydrogens is 342 g/mol. The number of amides is 2. The normalized spacial score (nSPS) is 17.0. The molecule has 0 radical (unpaired) electrons. The van der Waals surface area contributed by atoms with Crippen molar-refractivity contribution in [3.8, 4) is 5.75 Å². The topological polar surface area (TPSA) is 71.9 Å². The van der Waals surface area contributed by atoms with Gasteiger partial charge in [0, 0.05) is 12.2 Å². The first-order valence-electron chi connectivity index (χ1n) is 10.1. The Morgan fingerprint density at radius 3 is 2.44 bits per heavy atom. The average Bonchev–Trinajstić information content (AvgIpc) is 2.71. The second-order valence-corrected chi connectivity index (χ2v) is 7.44. The summed E-state index contributed by atoms with van der Waals surface area (Å²) in [4.78, 5) is 25.9. The molecule has 2 amide bonds. The second kappa shape index (κ2) is 10.9. The Hall–Kier alpha value is -2.08. The maximum atomic E-state index is 12.5. The molecule has 1 aliphatic rings. The summed E-state index contributed by atoms with van der Waals surface area (Å²) in [7, 11) is 1.61. The van der Waals surface area contributed by atoms with Crippen molar-refractivity contribution in [2.45, 2.75) is 52.0 Å². The lowest BCUT2D eigenvalue weighted by molar-refractivity contribution is -0.904. The van der Waals surface area contributed by atoms with Gasteiger partial charge in [0.2, 0.25) is 0 Å². The molecule has 27 heavy (non-hydrogen) atoms. The van der Waals surface area contributed by atoms with E-state index in [9.17, 15) is 9.59 Å². The van der Waals surface area contributed by atoms with Gasteiger partial charge < -0.3 is 20.3 Å². The molecular formula is C21H34N3O3+. The number of anilines is 1. The first kappa shape index (κ1) is 21.2. The molecule has 2 rings (SSSR count). The van der Waals surface area contributed by atoms with Gasteiger partial charge in [-0.15, -0.1) is 0 Å². The number of nitrogens with one attached hydrogen (secondary N) is 3. The molecule has 1 fully saturated rings. The number of carbonyl (C=O) groups is 2. The van der Waals surface area contributed by atoms with Gasteiger partial charge in [0.1, 0.15) is 5.75 Å². The highest BCUT2D eigenvalue weighted by Gasteiger charge is 2.26. The first-order chi connectivity index (χ1) is 13.0. The molecule has 1 unspecified atom stereocenters. The van der Waals surface area contributed by atoms with Crippen molar-refractivity contribution in [1.82, 2.24) is 5.32 Å². The minimum absolute atomic E-state index is 0.0367. The molecule has 150 valence electrons. The Balaban J connectivity index is 1.80. The zero-order chi connectivity index (χ0) is 19.6. The van der Waals surface area contributed by atoms with E-state index in [1.807, 2.05) is 26.0 Å². The fraction of sp³-hybridized carbons (Fsp3) is 0.619. The van der Waals surface area contributed by atoms with Gasteiger partial charge in [-0.3, -0.25) is 9.59 Å². The fourth-order valence-corrected chi connectivity index (χ4v) is 3.64. The zero-order valence-corrected chi connectivity index (χ0v) is 16.8. The number of carbonyl (C=O) groups excluding carboxylic acids is 2. The van der Waals surface area contributed by atoms with Crippen LogP contribution in [-0.4, -0.2) is 44.6 Å². The third kappa shape index (κ3) is 6.86. The van der Waals surface area contributed by atoms with Gasteiger partial charge in [0.05, 0.1) is 13.7 Å². The van der Waals surface area contributed by atoms with E-state index in [4.69, 9.17) is 4.74 Å². The van der Waals surface area contributed by atoms with Crippen LogP contribution in [0.2, 0.25) is 0 Å². The van der Waals surface area contributed by atoms with Crippen LogP contribution in [0.3, 0.4) is 0 Å². The van der Waals surface area contributed by atoms with E-state index in [1.54, 1.807) is 19.2 Å². The van der Waals surface area contributed by atoms with Crippen molar-refractivity contribution in [3.05, 3.63) is 24.3 Å². The Morgan fingerprint density at radius 1 is 1.19 bits per heavy atom. The number of methoxy groups -OCH3 is 1. The molecule has 0 bridgehead atoms. The zero-order valence-electron chi connectivity index (χ0n) is 16.8. The maximum absolute atomic E-state index is 12.5. The van der Waals surface area contributed by atoms with Gasteiger partial charge in [-0.2, -0.15) is 0 Å². The van der Waals surface area contributed by atoms with Crippen molar-refractivity contribution in [3.63, 3.8) is 0 Å². The largest absolute Gasteiger partial charge is 0.497 e. The molecule has 1 aromatic carbocycles. The Labute approximate surface area is 162 Å². The quantitative estimate of drug-likeness (QED) is 0.613. The van der Waals surface area contributed by atoms with Crippen LogP contribution in [0.15, 0.2) is 24.3 Å². The molecule has 6 nitrogen and oxygen atoms in total. The summed E-state index contributed by atoms with van der Waals surface area (Å²) >= 11 is 0.